The van der Waals surface area contributed by atoms with Crippen LogP contribution in [0.15, 0.2) is 53.8 Å². The van der Waals surface area contributed by atoms with Crippen LogP contribution in [0.2, 0.25) is 0 Å². The molecular formula is C24H25NO6. The van der Waals surface area contributed by atoms with E-state index >= 15 is 0 Å². The second-order valence-electron chi connectivity index (χ2n) is 7.93. The highest BCUT2D eigenvalue weighted by Crippen LogP contribution is 2.46. The molecule has 7 heteroatoms. The largest absolute Gasteiger partial charge is 0.503 e. The molecule has 0 radical (unpaired) electrons. The van der Waals surface area contributed by atoms with Gasteiger partial charge in [-0.25, -0.2) is 0 Å². The predicted molar refractivity (Wildman–Crippen MR) is 115 cm³/mol. The number of methoxy groups -OCH3 is 1. The monoisotopic (exact) mass is 423 g/mol. The summed E-state index contributed by atoms with van der Waals surface area (Å²) < 4.78 is 16.8. The van der Waals surface area contributed by atoms with Crippen LogP contribution in [-0.2, 0) is 9.59 Å². The van der Waals surface area contributed by atoms with Gasteiger partial charge in [-0.05, 0) is 24.1 Å². The van der Waals surface area contributed by atoms with Crippen LogP contribution < -0.4 is 19.1 Å². The fourth-order valence-electron chi connectivity index (χ4n) is 4.01. The lowest BCUT2D eigenvalue weighted by Crippen LogP contribution is -2.31. The Morgan fingerprint density at radius 2 is 1.87 bits per heavy atom. The molecule has 0 spiro atoms. The number of rotatable bonds is 6. The highest BCUT2D eigenvalue weighted by molar-refractivity contribution is 6.16. The molecule has 0 aliphatic carbocycles. The van der Waals surface area contributed by atoms with E-state index < -0.39 is 17.7 Å². The minimum absolute atomic E-state index is 0.0737. The molecule has 162 valence electrons. The number of benzene rings is 2. The standard InChI is InChI=1S/C24H25NO6/c1-14(2)12-17(26)21-22(16-6-4-5-7-18(16)29-3)25(24(28)23(21)27)15-8-9-19-20(13-15)31-11-10-30-19/h4-9,13-14,22,27H,10-12H2,1-3H3. The van der Waals surface area contributed by atoms with Crippen LogP contribution in [0.1, 0.15) is 31.9 Å². The number of nitrogens with zero attached hydrogens (tertiary/aromatic N) is 1. The van der Waals surface area contributed by atoms with Gasteiger partial charge < -0.3 is 19.3 Å². The topological polar surface area (TPSA) is 85.3 Å². The molecule has 7 nitrogen and oxygen atoms in total. The van der Waals surface area contributed by atoms with Crippen molar-refractivity contribution in [3.05, 3.63) is 59.4 Å². The predicted octanol–water partition coefficient (Wildman–Crippen LogP) is 3.98. The SMILES string of the molecule is COc1ccccc1C1C(C(=O)CC(C)C)=C(O)C(=O)N1c1ccc2c(c1)OCCO2. The van der Waals surface area contributed by atoms with Gasteiger partial charge in [0.2, 0.25) is 0 Å². The van der Waals surface area contributed by atoms with Gasteiger partial charge in [-0.2, -0.15) is 0 Å². The molecular weight excluding hydrogens is 398 g/mol. The normalized spacial score (nSPS) is 18.0. The number of fused-ring (bicyclic) bond motifs is 1. The van der Waals surface area contributed by atoms with Crippen molar-refractivity contribution >= 4 is 17.4 Å². The van der Waals surface area contributed by atoms with Gasteiger partial charge in [-0.15, -0.1) is 0 Å². The van der Waals surface area contributed by atoms with Gasteiger partial charge in [0.15, 0.2) is 23.0 Å². The summed E-state index contributed by atoms with van der Waals surface area (Å²) in [6.45, 7) is 4.70. The summed E-state index contributed by atoms with van der Waals surface area (Å²) in [5, 5.41) is 10.8. The summed E-state index contributed by atoms with van der Waals surface area (Å²) in [6.07, 6.45) is 0.216. The number of ether oxygens (including phenoxy) is 3. The van der Waals surface area contributed by atoms with Crippen LogP contribution in [0.3, 0.4) is 0 Å². The molecule has 1 amide bonds. The lowest BCUT2D eigenvalue weighted by Gasteiger charge is -2.29. The summed E-state index contributed by atoms with van der Waals surface area (Å²) in [5.41, 5.74) is 1.19. The first-order valence-corrected chi connectivity index (χ1v) is 10.2. The molecule has 1 N–H and O–H groups in total. The van der Waals surface area contributed by atoms with Gasteiger partial charge in [-0.1, -0.05) is 32.0 Å². The van der Waals surface area contributed by atoms with Crippen LogP contribution in [0.5, 0.6) is 17.2 Å². The van der Waals surface area contributed by atoms with E-state index in [0.29, 0.717) is 41.7 Å². The summed E-state index contributed by atoms with van der Waals surface area (Å²) in [4.78, 5) is 27.7. The molecule has 4 rings (SSSR count). The van der Waals surface area contributed by atoms with Gasteiger partial charge in [0.1, 0.15) is 19.0 Å². The smallest absolute Gasteiger partial charge is 0.294 e. The number of hydrogen-bond acceptors (Lipinski definition) is 6. The fourth-order valence-corrected chi connectivity index (χ4v) is 4.01. The Labute approximate surface area is 180 Å². The second kappa shape index (κ2) is 8.34. The van der Waals surface area contributed by atoms with Crippen LogP contribution in [0.4, 0.5) is 5.69 Å². The summed E-state index contributed by atoms with van der Waals surface area (Å²) in [7, 11) is 1.53. The van der Waals surface area contributed by atoms with Crippen molar-refractivity contribution in [2.75, 3.05) is 25.2 Å². The zero-order chi connectivity index (χ0) is 22.1. The molecule has 2 aromatic carbocycles. The molecule has 2 heterocycles. The first-order valence-electron chi connectivity index (χ1n) is 10.2. The van der Waals surface area contributed by atoms with E-state index in [0.717, 1.165) is 0 Å². The molecule has 0 bridgehead atoms. The number of anilines is 1. The molecule has 1 atom stereocenters. The molecule has 0 saturated carbocycles. The molecule has 31 heavy (non-hydrogen) atoms. The van der Waals surface area contributed by atoms with Crippen molar-refractivity contribution in [3.8, 4) is 17.2 Å². The third kappa shape index (κ3) is 3.71. The van der Waals surface area contributed by atoms with Crippen molar-refractivity contribution in [2.24, 2.45) is 5.92 Å². The minimum atomic E-state index is -0.822. The van der Waals surface area contributed by atoms with Crippen molar-refractivity contribution < 1.29 is 28.9 Å². The first kappa shape index (κ1) is 20.8. The van der Waals surface area contributed by atoms with Crippen molar-refractivity contribution in [3.63, 3.8) is 0 Å². The van der Waals surface area contributed by atoms with E-state index in [4.69, 9.17) is 14.2 Å². The average molecular weight is 423 g/mol. The first-order chi connectivity index (χ1) is 14.9. The lowest BCUT2D eigenvalue weighted by molar-refractivity contribution is -0.118. The molecule has 1 unspecified atom stereocenters. The Bertz CT molecular complexity index is 1060. The third-order valence-electron chi connectivity index (χ3n) is 5.34. The Balaban J connectivity index is 1.86. The van der Waals surface area contributed by atoms with Crippen molar-refractivity contribution in [2.45, 2.75) is 26.3 Å². The van der Waals surface area contributed by atoms with E-state index in [1.807, 2.05) is 26.0 Å². The number of carbonyl (C=O) groups excluding carboxylic acids is 2. The number of aliphatic hydroxyl groups excluding tert-OH is 1. The van der Waals surface area contributed by atoms with E-state index in [1.165, 1.54) is 12.0 Å². The highest BCUT2D eigenvalue weighted by Gasteiger charge is 2.45. The fraction of sp³-hybridized carbons (Fsp3) is 0.333. The maximum absolute atomic E-state index is 13.2. The van der Waals surface area contributed by atoms with E-state index in [1.54, 1.807) is 30.3 Å². The Hall–Kier alpha value is -3.48. The van der Waals surface area contributed by atoms with Crippen molar-refractivity contribution in [1.82, 2.24) is 0 Å². The number of ketones is 1. The van der Waals surface area contributed by atoms with Gasteiger partial charge in [-0.3, -0.25) is 14.5 Å². The van der Waals surface area contributed by atoms with Gasteiger partial charge in [0.05, 0.1) is 18.7 Å². The summed E-state index contributed by atoms with van der Waals surface area (Å²) in [6, 6.07) is 11.5. The van der Waals surface area contributed by atoms with Crippen LogP contribution in [0, 0.1) is 5.92 Å². The lowest BCUT2D eigenvalue weighted by atomic mass is 9.91. The molecule has 0 saturated heterocycles. The van der Waals surface area contributed by atoms with Gasteiger partial charge in [0.25, 0.3) is 5.91 Å². The Kier molecular flexibility index (Phi) is 5.59. The second-order valence-corrected chi connectivity index (χ2v) is 7.93. The highest BCUT2D eigenvalue weighted by atomic mass is 16.6. The zero-order valence-electron chi connectivity index (χ0n) is 17.8. The van der Waals surface area contributed by atoms with Crippen LogP contribution >= 0.6 is 0 Å². The number of aliphatic hydroxyl groups is 1. The quantitative estimate of drug-likeness (QED) is 0.756. The number of carbonyl (C=O) groups is 2. The van der Waals surface area contributed by atoms with Crippen LogP contribution in [0.25, 0.3) is 0 Å². The number of para-hydroxylation sites is 1. The van der Waals surface area contributed by atoms with Crippen molar-refractivity contribution in [1.29, 1.82) is 0 Å². The van der Waals surface area contributed by atoms with Crippen LogP contribution in [-0.4, -0.2) is 37.1 Å². The number of amides is 1. The minimum Gasteiger partial charge on any atom is -0.503 e. The van der Waals surface area contributed by atoms with E-state index in [9.17, 15) is 14.7 Å². The number of hydrogen-bond donors (Lipinski definition) is 1. The Morgan fingerprint density at radius 1 is 1.16 bits per heavy atom. The van der Waals surface area contributed by atoms with E-state index in [2.05, 4.69) is 0 Å². The molecule has 0 aromatic heterocycles. The number of Topliss-reactive ketones (excluding diaryl/α,β-unsaturated/α-hetero) is 1. The Morgan fingerprint density at radius 3 is 2.58 bits per heavy atom. The summed E-state index contributed by atoms with van der Waals surface area (Å²) in [5.74, 6) is 0.255. The summed E-state index contributed by atoms with van der Waals surface area (Å²) >= 11 is 0. The molecule has 2 aliphatic rings. The maximum atomic E-state index is 13.2. The van der Waals surface area contributed by atoms with Gasteiger partial charge in [0, 0.05) is 23.7 Å². The molecule has 0 fully saturated rings. The third-order valence-corrected chi connectivity index (χ3v) is 5.34. The molecule has 2 aromatic rings. The zero-order valence-corrected chi connectivity index (χ0v) is 17.8. The van der Waals surface area contributed by atoms with E-state index in [-0.39, 0.29) is 23.7 Å². The molecule has 2 aliphatic heterocycles. The maximum Gasteiger partial charge on any atom is 0.294 e. The van der Waals surface area contributed by atoms with Gasteiger partial charge >= 0.3 is 0 Å². The average Bonchev–Trinajstić information content (AvgIpc) is 3.03.